The van der Waals surface area contributed by atoms with Gasteiger partial charge in [0.2, 0.25) is 0 Å². The number of fused-ring (bicyclic) bond motifs is 2. The molecule has 2 aromatic carbocycles. The Morgan fingerprint density at radius 3 is 2.26 bits per heavy atom. The second-order valence-corrected chi connectivity index (χ2v) is 5.66. The molecule has 0 saturated carbocycles. The van der Waals surface area contributed by atoms with Crippen LogP contribution in [0.15, 0.2) is 48.5 Å². The van der Waals surface area contributed by atoms with E-state index in [1.807, 2.05) is 0 Å². The smallest absolute Gasteiger partial charge is 0.0119 e. The highest BCUT2D eigenvalue weighted by Gasteiger charge is 2.19. The van der Waals surface area contributed by atoms with Gasteiger partial charge in [0, 0.05) is 0 Å². The molecule has 0 amide bonds. The predicted octanol–water partition coefficient (Wildman–Crippen LogP) is 4.91. The van der Waals surface area contributed by atoms with Gasteiger partial charge in [0.15, 0.2) is 0 Å². The Labute approximate surface area is 116 Å². The SMILES string of the molecule is CCCC1Cc2ccccc2CCc2ccccc21. The van der Waals surface area contributed by atoms with Gasteiger partial charge in [0.05, 0.1) is 0 Å². The van der Waals surface area contributed by atoms with Crippen LogP contribution in [-0.2, 0) is 19.3 Å². The summed E-state index contributed by atoms with van der Waals surface area (Å²) in [5.41, 5.74) is 6.28. The van der Waals surface area contributed by atoms with E-state index < -0.39 is 0 Å². The van der Waals surface area contributed by atoms with E-state index in [4.69, 9.17) is 0 Å². The molecule has 0 saturated heterocycles. The normalized spacial score (nSPS) is 18.1. The molecular weight excluding hydrogens is 228 g/mol. The Morgan fingerprint density at radius 2 is 1.47 bits per heavy atom. The molecule has 0 heteroatoms. The van der Waals surface area contributed by atoms with Crippen LogP contribution in [0.5, 0.6) is 0 Å². The minimum atomic E-state index is 0.697. The van der Waals surface area contributed by atoms with E-state index in [-0.39, 0.29) is 0 Å². The second-order valence-electron chi connectivity index (χ2n) is 5.66. The highest BCUT2D eigenvalue weighted by molar-refractivity contribution is 5.38. The first-order valence-electron chi connectivity index (χ1n) is 7.53. The van der Waals surface area contributed by atoms with E-state index in [2.05, 4.69) is 55.5 Å². The molecule has 19 heavy (non-hydrogen) atoms. The standard InChI is InChI=1S/C19H22/c1-2-7-18-14-17-10-4-3-8-15(17)12-13-16-9-5-6-11-19(16)18/h3-6,8-11,18H,2,7,12-14H2,1H3. The Kier molecular flexibility index (Phi) is 3.68. The molecule has 0 fully saturated rings. The molecule has 3 rings (SSSR count). The Balaban J connectivity index is 2.02. The fourth-order valence-electron chi connectivity index (χ4n) is 3.41. The fraction of sp³-hybridized carbons (Fsp3) is 0.368. The largest absolute Gasteiger partial charge is 0.0654 e. The molecule has 0 radical (unpaired) electrons. The number of hydrogen-bond donors (Lipinski definition) is 0. The molecule has 0 bridgehead atoms. The minimum absolute atomic E-state index is 0.697. The van der Waals surface area contributed by atoms with Crippen molar-refractivity contribution in [2.24, 2.45) is 0 Å². The van der Waals surface area contributed by atoms with Crippen molar-refractivity contribution in [1.29, 1.82) is 0 Å². The van der Waals surface area contributed by atoms with Crippen molar-refractivity contribution in [3.8, 4) is 0 Å². The third kappa shape index (κ3) is 2.58. The number of benzene rings is 2. The second kappa shape index (κ2) is 5.61. The Hall–Kier alpha value is -1.56. The van der Waals surface area contributed by atoms with Crippen molar-refractivity contribution in [2.45, 2.75) is 44.9 Å². The van der Waals surface area contributed by atoms with E-state index in [9.17, 15) is 0 Å². The van der Waals surface area contributed by atoms with Crippen LogP contribution in [-0.4, -0.2) is 0 Å². The van der Waals surface area contributed by atoms with Crippen LogP contribution in [0.1, 0.15) is 47.9 Å². The number of hydrogen-bond acceptors (Lipinski definition) is 0. The van der Waals surface area contributed by atoms with Crippen molar-refractivity contribution >= 4 is 0 Å². The van der Waals surface area contributed by atoms with Crippen LogP contribution in [0, 0.1) is 0 Å². The lowest BCUT2D eigenvalue weighted by Gasteiger charge is -2.24. The summed E-state index contributed by atoms with van der Waals surface area (Å²) in [6.45, 7) is 2.30. The molecule has 0 nitrogen and oxygen atoms in total. The van der Waals surface area contributed by atoms with Crippen molar-refractivity contribution in [3.05, 3.63) is 70.8 Å². The van der Waals surface area contributed by atoms with E-state index >= 15 is 0 Å². The van der Waals surface area contributed by atoms with Gasteiger partial charge in [-0.3, -0.25) is 0 Å². The fourth-order valence-corrected chi connectivity index (χ4v) is 3.41. The van der Waals surface area contributed by atoms with Crippen molar-refractivity contribution < 1.29 is 0 Å². The lowest BCUT2D eigenvalue weighted by molar-refractivity contribution is 0.595. The van der Waals surface area contributed by atoms with E-state index in [1.54, 1.807) is 22.3 Å². The van der Waals surface area contributed by atoms with Gasteiger partial charge >= 0.3 is 0 Å². The zero-order valence-electron chi connectivity index (χ0n) is 11.7. The van der Waals surface area contributed by atoms with Gasteiger partial charge in [-0.15, -0.1) is 0 Å². The van der Waals surface area contributed by atoms with Crippen LogP contribution in [0.3, 0.4) is 0 Å². The van der Waals surface area contributed by atoms with Crippen LogP contribution in [0.2, 0.25) is 0 Å². The maximum absolute atomic E-state index is 2.35. The third-order valence-electron chi connectivity index (χ3n) is 4.38. The van der Waals surface area contributed by atoms with Gasteiger partial charge < -0.3 is 0 Å². The van der Waals surface area contributed by atoms with Crippen molar-refractivity contribution in [1.82, 2.24) is 0 Å². The quantitative estimate of drug-likeness (QED) is 0.710. The molecule has 0 N–H and O–H groups in total. The summed E-state index contributed by atoms with van der Waals surface area (Å²) in [7, 11) is 0. The van der Waals surface area contributed by atoms with Gasteiger partial charge in [-0.25, -0.2) is 0 Å². The van der Waals surface area contributed by atoms with Crippen LogP contribution in [0.4, 0.5) is 0 Å². The summed E-state index contributed by atoms with van der Waals surface area (Å²) in [6.07, 6.45) is 6.15. The zero-order valence-corrected chi connectivity index (χ0v) is 11.7. The average molecular weight is 250 g/mol. The highest BCUT2D eigenvalue weighted by Crippen LogP contribution is 2.32. The third-order valence-corrected chi connectivity index (χ3v) is 4.38. The molecule has 1 atom stereocenters. The maximum Gasteiger partial charge on any atom is -0.0119 e. The first kappa shape index (κ1) is 12.5. The summed E-state index contributed by atoms with van der Waals surface area (Å²) in [4.78, 5) is 0. The molecule has 1 unspecified atom stereocenters. The number of aryl methyl sites for hydroxylation is 2. The molecule has 1 aliphatic rings. The molecule has 1 aliphatic carbocycles. The minimum Gasteiger partial charge on any atom is -0.0654 e. The van der Waals surface area contributed by atoms with Gasteiger partial charge in [0.1, 0.15) is 0 Å². The van der Waals surface area contributed by atoms with Gasteiger partial charge in [-0.2, -0.15) is 0 Å². The van der Waals surface area contributed by atoms with Crippen molar-refractivity contribution in [2.75, 3.05) is 0 Å². The lowest BCUT2D eigenvalue weighted by atomic mass is 9.80. The van der Waals surface area contributed by atoms with Gasteiger partial charge in [-0.1, -0.05) is 61.9 Å². The molecule has 98 valence electrons. The zero-order chi connectivity index (χ0) is 13.1. The Bertz CT molecular complexity index is 553. The van der Waals surface area contributed by atoms with Gasteiger partial charge in [0.25, 0.3) is 0 Å². The van der Waals surface area contributed by atoms with E-state index in [0.717, 1.165) is 0 Å². The predicted molar refractivity (Wildman–Crippen MR) is 81.6 cm³/mol. The van der Waals surface area contributed by atoms with Crippen LogP contribution >= 0.6 is 0 Å². The van der Waals surface area contributed by atoms with Crippen LogP contribution in [0.25, 0.3) is 0 Å². The summed E-state index contributed by atoms with van der Waals surface area (Å²) in [5, 5.41) is 0. The molecular formula is C19H22. The molecule has 0 aromatic heterocycles. The molecule has 2 aromatic rings. The molecule has 0 spiro atoms. The summed E-state index contributed by atoms with van der Waals surface area (Å²) >= 11 is 0. The highest BCUT2D eigenvalue weighted by atomic mass is 14.2. The number of rotatable bonds is 2. The Morgan fingerprint density at radius 1 is 0.842 bits per heavy atom. The van der Waals surface area contributed by atoms with Crippen molar-refractivity contribution in [3.63, 3.8) is 0 Å². The van der Waals surface area contributed by atoms with E-state index in [1.165, 1.54) is 32.1 Å². The van der Waals surface area contributed by atoms with Gasteiger partial charge in [-0.05, 0) is 53.9 Å². The summed E-state index contributed by atoms with van der Waals surface area (Å²) in [5.74, 6) is 0.697. The lowest BCUT2D eigenvalue weighted by Crippen LogP contribution is -2.12. The van der Waals surface area contributed by atoms with E-state index in [0.29, 0.717) is 5.92 Å². The summed E-state index contributed by atoms with van der Waals surface area (Å²) < 4.78 is 0. The summed E-state index contributed by atoms with van der Waals surface area (Å²) in [6, 6.07) is 18.1. The first-order valence-corrected chi connectivity index (χ1v) is 7.53. The topological polar surface area (TPSA) is 0 Å². The monoisotopic (exact) mass is 250 g/mol. The molecule has 0 aliphatic heterocycles. The first-order chi connectivity index (χ1) is 9.38. The average Bonchev–Trinajstić information content (AvgIpc) is 2.44. The van der Waals surface area contributed by atoms with Crippen LogP contribution < -0.4 is 0 Å². The maximum atomic E-state index is 2.35. The molecule has 0 heterocycles.